The van der Waals surface area contributed by atoms with Gasteiger partial charge in [-0.1, -0.05) is 30.3 Å². The van der Waals surface area contributed by atoms with Crippen LogP contribution >= 0.6 is 11.3 Å². The van der Waals surface area contributed by atoms with Gasteiger partial charge in [-0.2, -0.15) is 8.42 Å². The lowest BCUT2D eigenvalue weighted by molar-refractivity contribution is -0.118. The van der Waals surface area contributed by atoms with Crippen LogP contribution in [0.25, 0.3) is 0 Å². The molecule has 1 aromatic carbocycles. The number of esters is 1. The number of anilines is 1. The van der Waals surface area contributed by atoms with E-state index in [0.29, 0.717) is 12.8 Å². The quantitative estimate of drug-likeness (QED) is 0.230. The zero-order valence-electron chi connectivity index (χ0n) is 18.5. The van der Waals surface area contributed by atoms with Gasteiger partial charge in [0, 0.05) is 11.9 Å². The van der Waals surface area contributed by atoms with Crippen molar-refractivity contribution in [1.82, 2.24) is 15.0 Å². The largest absolute Gasteiger partial charge is 0.461 e. The molecule has 2 amide bonds. The maximum atomic E-state index is 12.8. The number of ether oxygens (including phenoxy) is 2. The highest BCUT2D eigenvalue weighted by molar-refractivity contribution is 7.87. The summed E-state index contributed by atoms with van der Waals surface area (Å²) < 4.78 is 34.1. The molecule has 1 atom stereocenters. The summed E-state index contributed by atoms with van der Waals surface area (Å²) in [6, 6.07) is 8.04. The summed E-state index contributed by atoms with van der Waals surface area (Å²) in [6.45, 7) is 1.96. The number of carbonyl (C=O) groups is 3. The van der Waals surface area contributed by atoms with E-state index in [1.807, 2.05) is 6.07 Å². The number of amides is 2. The smallest absolute Gasteiger partial charge is 0.408 e. The number of thiazole rings is 1. The first-order valence-corrected chi connectivity index (χ1v) is 12.8. The van der Waals surface area contributed by atoms with E-state index >= 15 is 0 Å². The Hall–Kier alpha value is -3.07. The van der Waals surface area contributed by atoms with E-state index in [4.69, 9.17) is 14.6 Å². The lowest BCUT2D eigenvalue weighted by Gasteiger charge is -2.17. The van der Waals surface area contributed by atoms with Crippen molar-refractivity contribution in [3.8, 4) is 0 Å². The van der Waals surface area contributed by atoms with Gasteiger partial charge in [-0.3, -0.25) is 4.79 Å². The van der Waals surface area contributed by atoms with Crippen LogP contribution in [0.1, 0.15) is 42.2 Å². The van der Waals surface area contributed by atoms with Crippen LogP contribution in [0.15, 0.2) is 35.7 Å². The average Bonchev–Trinajstić information content (AvgIpc) is 3.25. The first-order valence-electron chi connectivity index (χ1n) is 10.4. The molecule has 0 saturated heterocycles. The molecule has 186 valence electrons. The van der Waals surface area contributed by atoms with E-state index in [0.717, 1.165) is 16.9 Å². The summed E-state index contributed by atoms with van der Waals surface area (Å²) in [7, 11) is -3.81. The van der Waals surface area contributed by atoms with Crippen molar-refractivity contribution in [3.05, 3.63) is 47.0 Å². The van der Waals surface area contributed by atoms with Crippen LogP contribution in [0.4, 0.5) is 9.93 Å². The number of aromatic nitrogens is 1. The molecule has 0 fully saturated rings. The summed E-state index contributed by atoms with van der Waals surface area (Å²) in [5.74, 6) is -1.18. The second-order valence-corrected chi connectivity index (χ2v) is 9.18. The minimum absolute atomic E-state index is 0.0225. The highest BCUT2D eigenvalue weighted by Crippen LogP contribution is 2.17. The highest BCUT2D eigenvalue weighted by atomic mass is 32.2. The Balaban J connectivity index is 1.96. The van der Waals surface area contributed by atoms with Crippen LogP contribution in [0.2, 0.25) is 0 Å². The Morgan fingerprint density at radius 1 is 1.15 bits per heavy atom. The molecule has 0 saturated carbocycles. The molecule has 0 spiro atoms. The topological polar surface area (TPSA) is 179 Å². The van der Waals surface area contributed by atoms with Crippen LogP contribution in [-0.4, -0.2) is 50.6 Å². The zero-order valence-corrected chi connectivity index (χ0v) is 20.1. The minimum Gasteiger partial charge on any atom is -0.461 e. The summed E-state index contributed by atoms with van der Waals surface area (Å²) in [4.78, 5) is 40.8. The average molecular weight is 514 g/mol. The monoisotopic (exact) mass is 513 g/mol. The molecule has 0 radical (unpaired) electrons. The molecule has 1 aromatic heterocycles. The highest BCUT2D eigenvalue weighted by Gasteiger charge is 2.23. The third kappa shape index (κ3) is 10.2. The number of nitrogens with zero attached hydrogens (tertiary/aromatic N) is 1. The Morgan fingerprint density at radius 2 is 1.88 bits per heavy atom. The molecule has 34 heavy (non-hydrogen) atoms. The van der Waals surface area contributed by atoms with Crippen LogP contribution in [-0.2, 0) is 31.1 Å². The summed E-state index contributed by atoms with van der Waals surface area (Å²) in [6.07, 6.45) is 0.170. The number of carbonyl (C=O) groups excluding carboxylic acids is 3. The van der Waals surface area contributed by atoms with E-state index in [-0.39, 0.29) is 37.0 Å². The van der Waals surface area contributed by atoms with Crippen molar-refractivity contribution >= 4 is 44.6 Å². The molecule has 0 bridgehead atoms. The molecule has 0 aliphatic rings. The Kier molecular flexibility index (Phi) is 10.9. The van der Waals surface area contributed by atoms with Crippen molar-refractivity contribution in [3.63, 3.8) is 0 Å². The number of alkyl carbamates (subject to hydrolysis) is 1. The van der Waals surface area contributed by atoms with Gasteiger partial charge in [-0.25, -0.2) is 24.4 Å². The number of nitrogens with one attached hydrogen (secondary N) is 3. The number of hydrogen-bond acceptors (Lipinski definition) is 9. The predicted molar refractivity (Wildman–Crippen MR) is 125 cm³/mol. The second-order valence-electron chi connectivity index (χ2n) is 6.94. The first-order chi connectivity index (χ1) is 16.2. The fourth-order valence-corrected chi connectivity index (χ4v) is 3.80. The number of nitrogens with two attached hydrogens (primary N) is 1. The number of rotatable bonds is 13. The van der Waals surface area contributed by atoms with Crippen LogP contribution in [0, 0.1) is 0 Å². The van der Waals surface area contributed by atoms with Gasteiger partial charge in [0.2, 0.25) is 5.91 Å². The number of hydrogen-bond donors (Lipinski definition) is 4. The molecule has 0 unspecified atom stereocenters. The molecule has 14 heteroatoms. The van der Waals surface area contributed by atoms with Gasteiger partial charge in [0.1, 0.15) is 12.6 Å². The fourth-order valence-electron chi connectivity index (χ4n) is 2.69. The normalized spacial score (nSPS) is 11.9. The summed E-state index contributed by atoms with van der Waals surface area (Å²) in [5.41, 5.74) is 0.838. The molecule has 12 nitrogen and oxygen atoms in total. The third-order valence-electron chi connectivity index (χ3n) is 4.26. The van der Waals surface area contributed by atoms with Crippen molar-refractivity contribution in [2.24, 2.45) is 5.14 Å². The lowest BCUT2D eigenvalue weighted by atomic mass is 10.1. The molecule has 1 heterocycles. The maximum absolute atomic E-state index is 12.8. The van der Waals surface area contributed by atoms with E-state index < -0.39 is 34.2 Å². The number of unbranched alkanes of at least 4 members (excludes halogenated alkanes) is 1. The molecule has 5 N–H and O–H groups in total. The van der Waals surface area contributed by atoms with E-state index in [9.17, 15) is 22.8 Å². The van der Waals surface area contributed by atoms with Crippen molar-refractivity contribution in [2.45, 2.75) is 38.8 Å². The number of benzene rings is 1. The van der Waals surface area contributed by atoms with Gasteiger partial charge < -0.3 is 20.1 Å². The summed E-state index contributed by atoms with van der Waals surface area (Å²) in [5, 5.41) is 11.6. The van der Waals surface area contributed by atoms with Crippen molar-refractivity contribution in [1.29, 1.82) is 0 Å². The Morgan fingerprint density at radius 3 is 2.56 bits per heavy atom. The van der Waals surface area contributed by atoms with Crippen LogP contribution < -0.4 is 20.5 Å². The third-order valence-corrected chi connectivity index (χ3v) is 5.63. The summed E-state index contributed by atoms with van der Waals surface area (Å²) >= 11 is 1.03. The van der Waals surface area contributed by atoms with Gasteiger partial charge in [-0.15, -0.1) is 11.3 Å². The van der Waals surface area contributed by atoms with E-state index in [1.54, 1.807) is 31.2 Å². The van der Waals surface area contributed by atoms with Gasteiger partial charge in [0.15, 0.2) is 10.8 Å². The van der Waals surface area contributed by atoms with Crippen LogP contribution in [0.5, 0.6) is 0 Å². The van der Waals surface area contributed by atoms with Gasteiger partial charge in [0.05, 0.1) is 6.61 Å². The van der Waals surface area contributed by atoms with Gasteiger partial charge in [-0.05, 0) is 31.7 Å². The lowest BCUT2D eigenvalue weighted by Crippen LogP contribution is -2.44. The Bertz CT molecular complexity index is 1060. The zero-order chi connectivity index (χ0) is 25.0. The minimum atomic E-state index is -3.81. The predicted octanol–water partition coefficient (Wildman–Crippen LogP) is 1.52. The first kappa shape index (κ1) is 27.2. The molecule has 0 aliphatic carbocycles. The van der Waals surface area contributed by atoms with E-state index in [1.165, 1.54) is 5.38 Å². The molecular formula is C20H27N5O7S2. The van der Waals surface area contributed by atoms with Crippen LogP contribution in [0.3, 0.4) is 0 Å². The van der Waals surface area contributed by atoms with Gasteiger partial charge in [0.25, 0.3) is 10.2 Å². The fraction of sp³-hybridized carbons (Fsp3) is 0.400. The van der Waals surface area contributed by atoms with Crippen molar-refractivity contribution < 1.29 is 32.3 Å². The molecular weight excluding hydrogens is 486 g/mol. The maximum Gasteiger partial charge on any atom is 0.408 e. The Labute approximate surface area is 201 Å². The molecule has 2 aromatic rings. The van der Waals surface area contributed by atoms with Crippen molar-refractivity contribution in [2.75, 3.05) is 18.5 Å². The standard InChI is InChI=1S/C20H27N5O7S2/c1-2-31-18(27)16-13-33-19(23-16)25-17(26)15(10-6-7-11-22-34(21,29)30)24-20(28)32-12-14-8-4-3-5-9-14/h3-5,8-9,13,15,22H,2,6-7,10-12H2,1H3,(H,24,28)(H2,21,29,30)(H,23,25,26)/t15-/m0/s1. The second kappa shape index (κ2) is 13.6. The molecule has 0 aliphatic heterocycles. The van der Waals surface area contributed by atoms with E-state index in [2.05, 4.69) is 20.3 Å². The SMILES string of the molecule is CCOC(=O)c1csc(NC(=O)[C@H](CCCCNS(N)(=O)=O)NC(=O)OCc2ccccc2)n1. The molecule has 2 rings (SSSR count). The van der Waals surface area contributed by atoms with Gasteiger partial charge >= 0.3 is 12.1 Å².